The summed E-state index contributed by atoms with van der Waals surface area (Å²) < 4.78 is 21.4. The minimum absolute atomic E-state index is 0. The van der Waals surface area contributed by atoms with Crippen molar-refractivity contribution in [2.45, 2.75) is 0 Å². The number of phosphoric acid groups is 1. The molecule has 0 spiro atoms. The van der Waals surface area contributed by atoms with E-state index in [1.165, 1.54) is 0 Å². The molecule has 0 heterocycles. The molecule has 2 N–H and O–H groups in total. The van der Waals surface area contributed by atoms with Gasteiger partial charge in [-0.25, -0.2) is 4.57 Å². The van der Waals surface area contributed by atoms with E-state index in [-0.39, 0.29) is 49.5 Å². The Bertz CT molecular complexity index is 84.6. The summed E-state index contributed by atoms with van der Waals surface area (Å²) in [6, 6.07) is 0. The van der Waals surface area contributed by atoms with Crippen molar-refractivity contribution < 1.29 is 73.1 Å². The molecule has 45 valence electrons. The number of halogens is 1. The fourth-order valence-electron chi connectivity index (χ4n) is 0. The molecule has 0 fully saturated rings. The van der Waals surface area contributed by atoms with Crippen molar-refractivity contribution in [3.05, 3.63) is 0 Å². The minimum Gasteiger partial charge on any atom is -1.00 e. The van der Waals surface area contributed by atoms with Gasteiger partial charge in [0.25, 0.3) is 0 Å². The molecule has 1 radical (unpaired) electrons. The second kappa shape index (κ2) is 6.74. The van der Waals surface area contributed by atoms with Crippen molar-refractivity contribution in [3.63, 3.8) is 0 Å². The van der Waals surface area contributed by atoms with Gasteiger partial charge in [0.1, 0.15) is 0 Å². The first kappa shape index (κ1) is 16.3. The van der Waals surface area contributed by atoms with Gasteiger partial charge in [-0.1, -0.05) is 4.73 Å². The van der Waals surface area contributed by atoms with Gasteiger partial charge in [0, 0.05) is 18.6 Å². The normalized spacial score (nSPS) is 8.88. The number of hydrogen-bond donors (Lipinski definition) is 2. The van der Waals surface area contributed by atoms with E-state index < -0.39 is 7.82 Å². The average Bonchev–Trinajstić information content (AvgIpc) is 1.35. The first-order chi connectivity index (χ1) is 2.56. The molecule has 0 saturated carbocycles. The molecule has 0 saturated heterocycles. The van der Waals surface area contributed by atoms with E-state index in [0.717, 1.165) is 0 Å². The van der Waals surface area contributed by atoms with Crippen LogP contribution in [0.15, 0.2) is 0 Å². The molecule has 8 heavy (non-hydrogen) atoms. The second-order valence-electron chi connectivity index (χ2n) is 0.560. The minimum atomic E-state index is -4.81. The Morgan fingerprint density at radius 3 is 1.75 bits per heavy atom. The summed E-state index contributed by atoms with van der Waals surface area (Å²) >= 11 is 0. The fraction of sp³-hybridized carbons (Fsp3) is 0. The van der Waals surface area contributed by atoms with Crippen LogP contribution in [0.1, 0.15) is 1.43 Å². The first-order valence-electron chi connectivity index (χ1n) is 0.919. The van der Waals surface area contributed by atoms with Crippen LogP contribution < -0.4 is 29.6 Å². The van der Waals surface area contributed by atoms with Crippen LogP contribution in [-0.4, -0.2) is 9.79 Å². The van der Waals surface area contributed by atoms with Crippen molar-refractivity contribution in [2.24, 2.45) is 0 Å². The van der Waals surface area contributed by atoms with Crippen LogP contribution in [0.4, 0.5) is 4.53 Å². The Morgan fingerprint density at radius 1 is 1.62 bits per heavy atom. The molecule has 4 nitrogen and oxygen atoms in total. The van der Waals surface area contributed by atoms with Crippen LogP contribution in [0, 0.1) is 0 Å². The maximum atomic E-state index is 10.2. The van der Waals surface area contributed by atoms with Crippen LogP contribution in [-0.2, 0) is 27.8 Å². The topological polar surface area (TPSA) is 66.8 Å². The van der Waals surface area contributed by atoms with E-state index in [2.05, 4.69) is 4.73 Å². The molecule has 0 atom stereocenters. The third-order valence-electron chi connectivity index (χ3n) is 0.0899. The zero-order valence-corrected chi connectivity index (χ0v) is 8.27. The molecule has 0 aromatic rings. The van der Waals surface area contributed by atoms with E-state index in [9.17, 15) is 4.53 Å². The SMILES string of the molecule is O=P(O)(O)OF.[H-].[Na+].[V]. The summed E-state index contributed by atoms with van der Waals surface area (Å²) in [5.74, 6) is 0. The van der Waals surface area contributed by atoms with Crippen molar-refractivity contribution in [3.8, 4) is 0 Å². The predicted octanol–water partition coefficient (Wildman–Crippen LogP) is -2.91. The summed E-state index contributed by atoms with van der Waals surface area (Å²) in [5.41, 5.74) is 0. The Balaban J connectivity index is -0.0000000417. The van der Waals surface area contributed by atoms with E-state index >= 15 is 0 Å². The Hall–Kier alpha value is 1.62. The molecule has 0 amide bonds. The molecule has 0 bridgehead atoms. The van der Waals surface area contributed by atoms with Crippen LogP contribution in [0.5, 0.6) is 0 Å². The Kier molecular flexibility index (Phi) is 13.7. The van der Waals surface area contributed by atoms with Crippen LogP contribution in [0.3, 0.4) is 0 Å². The molecule has 0 aromatic carbocycles. The number of rotatable bonds is 1. The standard InChI is InChI=1S/FH2O4P.Na.V.H/c1-5-6(2,3)4;;;/h(H2,2,3,4);;;/q;+1;;-1. The van der Waals surface area contributed by atoms with E-state index in [1.54, 1.807) is 0 Å². The van der Waals surface area contributed by atoms with E-state index in [1.807, 2.05) is 0 Å². The molecule has 0 aliphatic heterocycles. The molecule has 0 unspecified atom stereocenters. The molecular weight excluding hydrogens is 188 g/mol. The van der Waals surface area contributed by atoms with Crippen LogP contribution in [0.2, 0.25) is 0 Å². The summed E-state index contributed by atoms with van der Waals surface area (Å²) in [6.45, 7) is 0. The van der Waals surface area contributed by atoms with Gasteiger partial charge in [-0.2, -0.15) is 0 Å². The van der Waals surface area contributed by atoms with Crippen LogP contribution in [0.25, 0.3) is 0 Å². The molecule has 0 rings (SSSR count). The summed E-state index contributed by atoms with van der Waals surface area (Å²) in [5, 5.41) is 0. The molecule has 0 aliphatic rings. The van der Waals surface area contributed by atoms with Crippen molar-refractivity contribution >= 4 is 7.82 Å². The molecule has 0 aromatic heterocycles. The van der Waals surface area contributed by atoms with Gasteiger partial charge < -0.3 is 11.2 Å². The first-order valence-corrected chi connectivity index (χ1v) is 2.45. The summed E-state index contributed by atoms with van der Waals surface area (Å²) in [4.78, 5) is 14.7. The third kappa shape index (κ3) is 15.6. The molecular formula is H3FNaO4PV. The quantitative estimate of drug-likeness (QED) is 0.344. The van der Waals surface area contributed by atoms with Gasteiger partial charge in [0.2, 0.25) is 0 Å². The molecule has 8 heteroatoms. The van der Waals surface area contributed by atoms with Crippen LogP contribution >= 0.6 is 7.82 Å². The smallest absolute Gasteiger partial charge is 1.00 e. The zero-order valence-electron chi connectivity index (χ0n) is 4.98. The van der Waals surface area contributed by atoms with Crippen molar-refractivity contribution in [1.82, 2.24) is 0 Å². The van der Waals surface area contributed by atoms with Crippen molar-refractivity contribution in [2.75, 3.05) is 0 Å². The Labute approximate surface area is 80.6 Å². The maximum Gasteiger partial charge on any atom is 1.00 e. The Morgan fingerprint density at radius 2 is 1.75 bits per heavy atom. The van der Waals surface area contributed by atoms with Gasteiger partial charge in [-0.3, -0.25) is 0 Å². The third-order valence-corrected chi connectivity index (χ3v) is 0.270. The molecule has 0 aliphatic carbocycles. The van der Waals surface area contributed by atoms with Gasteiger partial charge in [-0.05, 0) is 4.53 Å². The second-order valence-corrected chi connectivity index (χ2v) is 1.68. The summed E-state index contributed by atoms with van der Waals surface area (Å²) in [6.07, 6.45) is 0. The maximum absolute atomic E-state index is 10.2. The van der Waals surface area contributed by atoms with Gasteiger partial charge in [0.05, 0.1) is 0 Å². The van der Waals surface area contributed by atoms with Crippen molar-refractivity contribution in [1.29, 1.82) is 0 Å². The number of hydrogen-bond acceptors (Lipinski definition) is 2. The largest absolute Gasteiger partial charge is 1.00 e. The monoisotopic (exact) mass is 191 g/mol. The van der Waals surface area contributed by atoms with Gasteiger partial charge in [-0.15, -0.1) is 0 Å². The van der Waals surface area contributed by atoms with E-state index in [0.29, 0.717) is 0 Å². The summed E-state index contributed by atoms with van der Waals surface area (Å²) in [7, 11) is -4.81. The fourth-order valence-corrected chi connectivity index (χ4v) is 0. The van der Waals surface area contributed by atoms with Gasteiger partial charge >= 0.3 is 37.4 Å². The average molecular weight is 191 g/mol. The van der Waals surface area contributed by atoms with E-state index in [4.69, 9.17) is 14.4 Å². The predicted molar refractivity (Wildman–Crippen MR) is 15.3 cm³/mol. The zero-order chi connectivity index (χ0) is 5.21. The van der Waals surface area contributed by atoms with Gasteiger partial charge in [0.15, 0.2) is 0 Å².